The molecule has 0 aliphatic heterocycles. The standard InChI is InChI=1S/C8H11ClSi/c1-10(2,7-9)8-5-3-4-6-8/h3-5H,7H2,1-2H3. The predicted molar refractivity (Wildman–Crippen MR) is 48.9 cm³/mol. The SMILES string of the molecule is C[Si](C)(CCl)C1=C=CC=C1. The Hall–Kier alpha value is -0.233. The van der Waals surface area contributed by atoms with Crippen LogP contribution in [0.15, 0.2) is 29.2 Å². The van der Waals surface area contributed by atoms with Crippen LogP contribution in [0.25, 0.3) is 0 Å². The van der Waals surface area contributed by atoms with Gasteiger partial charge in [-0.1, -0.05) is 25.2 Å². The minimum absolute atomic E-state index is 0.785. The fourth-order valence-corrected chi connectivity index (χ4v) is 2.42. The molecule has 0 amide bonds. The summed E-state index contributed by atoms with van der Waals surface area (Å²) in [5.41, 5.74) is 3.99. The second-order valence-corrected chi connectivity index (χ2v) is 8.48. The van der Waals surface area contributed by atoms with Gasteiger partial charge in [-0.15, -0.1) is 17.3 Å². The van der Waals surface area contributed by atoms with E-state index < -0.39 is 8.07 Å². The van der Waals surface area contributed by atoms with Gasteiger partial charge in [0.15, 0.2) is 0 Å². The van der Waals surface area contributed by atoms with Crippen LogP contribution in [0.5, 0.6) is 0 Å². The summed E-state index contributed by atoms with van der Waals surface area (Å²) in [6, 6.07) is 0. The van der Waals surface area contributed by atoms with E-state index in [4.69, 9.17) is 11.6 Å². The highest BCUT2D eigenvalue weighted by Crippen LogP contribution is 2.18. The molecule has 0 nitrogen and oxygen atoms in total. The van der Waals surface area contributed by atoms with Crippen molar-refractivity contribution in [3.63, 3.8) is 0 Å². The second kappa shape index (κ2) is 2.79. The van der Waals surface area contributed by atoms with Crippen LogP contribution in [0.2, 0.25) is 13.1 Å². The van der Waals surface area contributed by atoms with Crippen molar-refractivity contribution in [1.82, 2.24) is 0 Å². The summed E-state index contributed by atoms with van der Waals surface area (Å²) >= 11 is 5.83. The summed E-state index contributed by atoms with van der Waals surface area (Å²) in [5.74, 6) is 0. The van der Waals surface area contributed by atoms with E-state index in [1.807, 2.05) is 12.2 Å². The van der Waals surface area contributed by atoms with E-state index >= 15 is 0 Å². The van der Waals surface area contributed by atoms with E-state index in [9.17, 15) is 0 Å². The lowest BCUT2D eigenvalue weighted by Gasteiger charge is -2.17. The Morgan fingerprint density at radius 3 is 2.70 bits per heavy atom. The van der Waals surface area contributed by atoms with Gasteiger partial charge in [-0.2, -0.15) is 0 Å². The zero-order chi connectivity index (χ0) is 7.61. The average molecular weight is 171 g/mol. The van der Waals surface area contributed by atoms with Gasteiger partial charge < -0.3 is 0 Å². The molecule has 0 radical (unpaired) electrons. The predicted octanol–water partition coefficient (Wildman–Crippen LogP) is 2.66. The lowest BCUT2D eigenvalue weighted by Crippen LogP contribution is -2.30. The van der Waals surface area contributed by atoms with Crippen molar-refractivity contribution in [3.8, 4) is 0 Å². The Balaban J connectivity index is 2.84. The van der Waals surface area contributed by atoms with Gasteiger partial charge in [0.1, 0.15) is 8.07 Å². The maximum Gasteiger partial charge on any atom is 0.106 e. The van der Waals surface area contributed by atoms with Crippen LogP contribution in [-0.4, -0.2) is 13.6 Å². The number of rotatable bonds is 2. The maximum absolute atomic E-state index is 5.83. The highest BCUT2D eigenvalue weighted by atomic mass is 35.5. The Morgan fingerprint density at radius 2 is 2.30 bits per heavy atom. The van der Waals surface area contributed by atoms with E-state index in [1.54, 1.807) is 0 Å². The molecule has 0 aromatic carbocycles. The summed E-state index contributed by atoms with van der Waals surface area (Å²) in [4.78, 5) is 0. The molecule has 10 heavy (non-hydrogen) atoms. The van der Waals surface area contributed by atoms with Gasteiger partial charge in [-0.25, -0.2) is 0 Å². The molecule has 0 saturated heterocycles. The Labute approximate surface area is 67.9 Å². The van der Waals surface area contributed by atoms with Crippen LogP contribution < -0.4 is 0 Å². The number of allylic oxidation sites excluding steroid dienone is 3. The van der Waals surface area contributed by atoms with Crippen LogP contribution in [0.3, 0.4) is 0 Å². The van der Waals surface area contributed by atoms with Crippen molar-refractivity contribution in [1.29, 1.82) is 0 Å². The molecule has 0 aromatic heterocycles. The van der Waals surface area contributed by atoms with Gasteiger partial charge in [0.2, 0.25) is 0 Å². The molecule has 0 bridgehead atoms. The first-order valence-electron chi connectivity index (χ1n) is 3.36. The van der Waals surface area contributed by atoms with Crippen molar-refractivity contribution >= 4 is 19.7 Å². The van der Waals surface area contributed by atoms with Gasteiger partial charge in [0.05, 0.1) is 0 Å². The molecular weight excluding hydrogens is 160 g/mol. The van der Waals surface area contributed by atoms with Crippen LogP contribution in [-0.2, 0) is 0 Å². The van der Waals surface area contributed by atoms with Crippen LogP contribution in [0, 0.1) is 0 Å². The van der Waals surface area contributed by atoms with Crippen molar-refractivity contribution in [2.24, 2.45) is 0 Å². The van der Waals surface area contributed by atoms with E-state index in [0.717, 1.165) is 5.50 Å². The van der Waals surface area contributed by atoms with Crippen LogP contribution >= 0.6 is 11.6 Å². The molecule has 0 N–H and O–H groups in total. The summed E-state index contributed by atoms with van der Waals surface area (Å²) in [6.07, 6.45) is 6.10. The lowest BCUT2D eigenvalue weighted by atomic mass is 10.6. The van der Waals surface area contributed by atoms with Crippen molar-refractivity contribution in [2.75, 3.05) is 5.50 Å². The molecule has 1 aliphatic rings. The first kappa shape index (κ1) is 7.87. The minimum Gasteiger partial charge on any atom is -0.130 e. The fourth-order valence-electron chi connectivity index (χ4n) is 0.823. The molecule has 1 aliphatic carbocycles. The fraction of sp³-hybridized carbons (Fsp3) is 0.375. The van der Waals surface area contributed by atoms with Gasteiger partial charge in [-0.3, -0.25) is 0 Å². The zero-order valence-corrected chi connectivity index (χ0v) is 8.07. The molecule has 0 atom stereocenters. The molecular formula is C8H11ClSi. The van der Waals surface area contributed by atoms with Gasteiger partial charge in [0, 0.05) is 5.50 Å². The number of hydrogen-bond acceptors (Lipinski definition) is 0. The zero-order valence-electron chi connectivity index (χ0n) is 6.32. The Bertz CT molecular complexity index is 219. The molecule has 2 heteroatoms. The topological polar surface area (TPSA) is 0 Å². The highest BCUT2D eigenvalue weighted by molar-refractivity contribution is 6.89. The normalized spacial score (nSPS) is 16.1. The molecule has 0 saturated carbocycles. The van der Waals surface area contributed by atoms with E-state index in [0.29, 0.717) is 0 Å². The van der Waals surface area contributed by atoms with Crippen molar-refractivity contribution in [2.45, 2.75) is 13.1 Å². The molecule has 0 fully saturated rings. The first-order valence-corrected chi connectivity index (χ1v) is 7.11. The molecule has 54 valence electrons. The average Bonchev–Trinajstić information content (AvgIpc) is 2.38. The van der Waals surface area contributed by atoms with E-state index in [1.165, 1.54) is 5.20 Å². The quantitative estimate of drug-likeness (QED) is 0.340. The third-order valence-corrected chi connectivity index (χ3v) is 6.10. The Morgan fingerprint density at radius 1 is 1.60 bits per heavy atom. The summed E-state index contributed by atoms with van der Waals surface area (Å²) < 4.78 is 0. The largest absolute Gasteiger partial charge is 0.130 e. The molecule has 0 unspecified atom stereocenters. The third-order valence-electron chi connectivity index (χ3n) is 1.66. The second-order valence-electron chi connectivity index (χ2n) is 3.10. The summed E-state index contributed by atoms with van der Waals surface area (Å²) in [6.45, 7) is 4.51. The van der Waals surface area contributed by atoms with Gasteiger partial charge in [0.25, 0.3) is 0 Å². The van der Waals surface area contributed by atoms with Crippen LogP contribution in [0.1, 0.15) is 0 Å². The Kier molecular flexibility index (Phi) is 2.20. The lowest BCUT2D eigenvalue weighted by molar-refractivity contribution is 1.65. The van der Waals surface area contributed by atoms with Gasteiger partial charge in [-0.05, 0) is 11.3 Å². The van der Waals surface area contributed by atoms with E-state index in [2.05, 4.69) is 24.9 Å². The van der Waals surface area contributed by atoms with E-state index in [-0.39, 0.29) is 0 Å². The highest BCUT2D eigenvalue weighted by Gasteiger charge is 2.23. The summed E-state index contributed by atoms with van der Waals surface area (Å²) in [5, 5.41) is 1.34. The maximum atomic E-state index is 5.83. The molecule has 0 heterocycles. The van der Waals surface area contributed by atoms with Gasteiger partial charge >= 0.3 is 0 Å². The molecule has 0 spiro atoms. The monoisotopic (exact) mass is 170 g/mol. The number of alkyl halides is 1. The minimum atomic E-state index is -1.29. The molecule has 1 rings (SSSR count). The number of hydrogen-bond donors (Lipinski definition) is 0. The van der Waals surface area contributed by atoms with Crippen molar-refractivity contribution < 1.29 is 0 Å². The van der Waals surface area contributed by atoms with Crippen molar-refractivity contribution in [3.05, 3.63) is 29.2 Å². The molecule has 0 aromatic rings. The number of halogens is 1. The van der Waals surface area contributed by atoms with Crippen LogP contribution in [0.4, 0.5) is 0 Å². The third kappa shape index (κ3) is 1.43. The smallest absolute Gasteiger partial charge is 0.106 e. The summed E-state index contributed by atoms with van der Waals surface area (Å²) in [7, 11) is -1.29. The first-order chi connectivity index (χ1) is 4.67.